The maximum absolute atomic E-state index is 5.79. The van der Waals surface area contributed by atoms with Crippen LogP contribution in [0.25, 0.3) is 0 Å². The van der Waals surface area contributed by atoms with Crippen LogP contribution in [0.4, 0.5) is 0 Å². The summed E-state index contributed by atoms with van der Waals surface area (Å²) in [6.07, 6.45) is 16.1. The first kappa shape index (κ1) is 23.5. The van der Waals surface area contributed by atoms with Gasteiger partial charge in [-0.05, 0) is 25.0 Å². The quantitative estimate of drug-likeness (QED) is 0.168. The predicted octanol–water partition coefficient (Wildman–Crippen LogP) is 8.09. The van der Waals surface area contributed by atoms with E-state index in [4.69, 9.17) is 12.2 Å². The zero-order valence-electron chi connectivity index (χ0n) is 17.0. The minimum atomic E-state index is 1.05. The van der Waals surface area contributed by atoms with E-state index in [1.165, 1.54) is 81.9 Å². The molecular formula is C23H39NS2. The minimum Gasteiger partial charge on any atom is -0.357 e. The fourth-order valence-electron chi connectivity index (χ4n) is 3.11. The van der Waals surface area contributed by atoms with Crippen molar-refractivity contribution in [3.63, 3.8) is 0 Å². The first-order valence-electron chi connectivity index (χ1n) is 10.8. The molecule has 0 radical (unpaired) electrons. The van der Waals surface area contributed by atoms with Crippen molar-refractivity contribution in [2.75, 3.05) is 13.1 Å². The number of hydrogen-bond donors (Lipinski definition) is 0. The Morgan fingerprint density at radius 1 is 0.731 bits per heavy atom. The summed E-state index contributed by atoms with van der Waals surface area (Å²) < 4.78 is 1.05. The number of hydrogen-bond acceptors (Lipinski definition) is 2. The van der Waals surface area contributed by atoms with Crippen LogP contribution in [-0.4, -0.2) is 22.3 Å². The van der Waals surface area contributed by atoms with Crippen molar-refractivity contribution in [1.82, 2.24) is 4.90 Å². The Kier molecular flexibility index (Phi) is 15.0. The van der Waals surface area contributed by atoms with Gasteiger partial charge in [0, 0.05) is 18.0 Å². The van der Waals surface area contributed by atoms with Crippen molar-refractivity contribution in [1.29, 1.82) is 0 Å². The molecule has 0 aliphatic rings. The third-order valence-electron chi connectivity index (χ3n) is 4.77. The first-order chi connectivity index (χ1) is 12.8. The number of nitrogens with zero attached hydrogens (tertiary/aromatic N) is 1. The fourth-order valence-corrected chi connectivity index (χ4v) is 4.39. The van der Waals surface area contributed by atoms with Gasteiger partial charge in [0.25, 0.3) is 0 Å². The molecular weight excluding hydrogens is 354 g/mol. The summed E-state index contributed by atoms with van der Waals surface area (Å²) in [7, 11) is 0. The highest BCUT2D eigenvalue weighted by Crippen LogP contribution is 2.22. The molecule has 0 aromatic heterocycles. The van der Waals surface area contributed by atoms with Gasteiger partial charge in [-0.2, -0.15) is 0 Å². The van der Waals surface area contributed by atoms with Crippen LogP contribution in [0.3, 0.4) is 0 Å². The molecule has 1 nitrogen and oxygen atoms in total. The Balaban J connectivity index is 2.36. The van der Waals surface area contributed by atoms with Gasteiger partial charge in [0.05, 0.1) is 0 Å². The van der Waals surface area contributed by atoms with Crippen molar-refractivity contribution in [3.8, 4) is 0 Å². The topological polar surface area (TPSA) is 3.24 Å². The van der Waals surface area contributed by atoms with Gasteiger partial charge in [0.15, 0.2) is 0 Å². The van der Waals surface area contributed by atoms with E-state index in [1.54, 1.807) is 11.8 Å². The van der Waals surface area contributed by atoms with Crippen LogP contribution in [0, 0.1) is 0 Å². The molecule has 3 heteroatoms. The standard InChI is InChI=1S/C23H39NS2/c1-3-5-7-9-11-16-20-24(21-17-12-10-8-6-4-2)23(25)26-22-18-14-13-15-19-22/h13-15,18-19H,3-12,16-17,20-21H2,1-2H3. The summed E-state index contributed by atoms with van der Waals surface area (Å²) in [5.41, 5.74) is 0. The van der Waals surface area contributed by atoms with Crippen LogP contribution >= 0.6 is 24.0 Å². The van der Waals surface area contributed by atoms with E-state index in [9.17, 15) is 0 Å². The highest BCUT2D eigenvalue weighted by atomic mass is 32.2. The van der Waals surface area contributed by atoms with E-state index in [0.29, 0.717) is 0 Å². The normalized spacial score (nSPS) is 10.8. The van der Waals surface area contributed by atoms with Gasteiger partial charge >= 0.3 is 0 Å². The molecule has 0 saturated heterocycles. The largest absolute Gasteiger partial charge is 0.357 e. The second-order valence-corrected chi connectivity index (χ2v) is 8.91. The van der Waals surface area contributed by atoms with Crippen LogP contribution in [-0.2, 0) is 0 Å². The smallest absolute Gasteiger partial charge is 0.141 e. The zero-order valence-corrected chi connectivity index (χ0v) is 18.7. The van der Waals surface area contributed by atoms with Gasteiger partial charge in [-0.3, -0.25) is 0 Å². The molecule has 1 aromatic carbocycles. The third kappa shape index (κ3) is 12.0. The van der Waals surface area contributed by atoms with Crippen molar-refractivity contribution >= 4 is 28.3 Å². The lowest BCUT2D eigenvalue weighted by molar-refractivity contribution is 0.395. The Morgan fingerprint density at radius 2 is 1.19 bits per heavy atom. The minimum absolute atomic E-state index is 1.05. The average Bonchev–Trinajstić information content (AvgIpc) is 2.66. The van der Waals surface area contributed by atoms with E-state index >= 15 is 0 Å². The van der Waals surface area contributed by atoms with Gasteiger partial charge in [-0.15, -0.1) is 0 Å². The Labute approximate surface area is 172 Å². The second kappa shape index (κ2) is 16.6. The molecule has 0 amide bonds. The Morgan fingerprint density at radius 3 is 1.69 bits per heavy atom. The molecule has 0 heterocycles. The van der Waals surface area contributed by atoms with E-state index in [0.717, 1.165) is 17.4 Å². The maximum Gasteiger partial charge on any atom is 0.141 e. The summed E-state index contributed by atoms with van der Waals surface area (Å²) in [5.74, 6) is 0. The molecule has 0 unspecified atom stereocenters. The predicted molar refractivity (Wildman–Crippen MR) is 123 cm³/mol. The summed E-state index contributed by atoms with van der Waals surface area (Å²) in [6, 6.07) is 10.6. The summed E-state index contributed by atoms with van der Waals surface area (Å²) in [5, 5.41) is 0. The van der Waals surface area contributed by atoms with Crippen LogP contribution in [0.5, 0.6) is 0 Å². The molecule has 0 aliphatic heterocycles. The molecule has 0 spiro atoms. The molecule has 0 atom stereocenters. The third-order valence-corrected chi connectivity index (χ3v) is 6.22. The van der Waals surface area contributed by atoms with Gasteiger partial charge in [-0.1, -0.05) is 120 Å². The van der Waals surface area contributed by atoms with Crippen molar-refractivity contribution in [2.45, 2.75) is 95.8 Å². The number of thiocarbonyl (C=S) groups is 1. The van der Waals surface area contributed by atoms with Crippen molar-refractivity contribution < 1.29 is 0 Å². The Hall–Kier alpha value is -0.540. The average molecular weight is 394 g/mol. The van der Waals surface area contributed by atoms with Gasteiger partial charge in [0.1, 0.15) is 4.32 Å². The molecule has 0 fully saturated rings. The van der Waals surface area contributed by atoms with Crippen LogP contribution in [0.1, 0.15) is 90.9 Å². The second-order valence-electron chi connectivity index (χ2n) is 7.20. The molecule has 0 N–H and O–H groups in total. The molecule has 0 saturated carbocycles. The van der Waals surface area contributed by atoms with Gasteiger partial charge < -0.3 is 4.90 Å². The van der Waals surface area contributed by atoms with Gasteiger partial charge in [-0.25, -0.2) is 0 Å². The maximum atomic E-state index is 5.79. The van der Waals surface area contributed by atoms with Crippen LogP contribution in [0.2, 0.25) is 0 Å². The van der Waals surface area contributed by atoms with E-state index in [2.05, 4.69) is 49.1 Å². The SMILES string of the molecule is CCCCCCCCN(CCCCCCCC)C(=S)Sc1ccccc1. The molecule has 0 bridgehead atoms. The highest BCUT2D eigenvalue weighted by Gasteiger charge is 2.11. The van der Waals surface area contributed by atoms with E-state index < -0.39 is 0 Å². The molecule has 26 heavy (non-hydrogen) atoms. The Bertz CT molecular complexity index is 431. The summed E-state index contributed by atoms with van der Waals surface area (Å²) in [4.78, 5) is 3.72. The lowest BCUT2D eigenvalue weighted by atomic mass is 10.1. The highest BCUT2D eigenvalue weighted by molar-refractivity contribution is 8.22. The molecule has 1 aromatic rings. The molecule has 1 rings (SSSR count). The van der Waals surface area contributed by atoms with Crippen molar-refractivity contribution in [2.24, 2.45) is 0 Å². The van der Waals surface area contributed by atoms with Crippen LogP contribution in [0.15, 0.2) is 35.2 Å². The number of thioether (sulfide) groups is 1. The fraction of sp³-hybridized carbons (Fsp3) is 0.696. The summed E-state index contributed by atoms with van der Waals surface area (Å²) >= 11 is 7.54. The monoisotopic (exact) mass is 393 g/mol. The van der Waals surface area contributed by atoms with E-state index in [1.807, 2.05) is 0 Å². The van der Waals surface area contributed by atoms with Crippen molar-refractivity contribution in [3.05, 3.63) is 30.3 Å². The summed E-state index contributed by atoms with van der Waals surface area (Å²) in [6.45, 7) is 6.81. The van der Waals surface area contributed by atoms with E-state index in [-0.39, 0.29) is 0 Å². The first-order valence-corrected chi connectivity index (χ1v) is 12.0. The van der Waals surface area contributed by atoms with Gasteiger partial charge in [0.2, 0.25) is 0 Å². The lowest BCUT2D eigenvalue weighted by Crippen LogP contribution is -2.29. The number of rotatable bonds is 15. The molecule has 0 aliphatic carbocycles. The van der Waals surface area contributed by atoms with Crippen LogP contribution < -0.4 is 0 Å². The molecule has 148 valence electrons. The number of benzene rings is 1. The number of unbranched alkanes of at least 4 members (excludes halogenated alkanes) is 10. The lowest BCUT2D eigenvalue weighted by Gasteiger charge is -2.25. The zero-order chi connectivity index (χ0) is 18.9.